The smallest absolute Gasteiger partial charge is 0.253 e. The van der Waals surface area contributed by atoms with E-state index in [1.54, 1.807) is 24.3 Å². The molecule has 1 aliphatic carbocycles. The highest BCUT2D eigenvalue weighted by Crippen LogP contribution is 2.52. The van der Waals surface area contributed by atoms with Gasteiger partial charge in [-0.25, -0.2) is 12.8 Å². The van der Waals surface area contributed by atoms with Crippen molar-refractivity contribution in [2.45, 2.75) is 75.5 Å². The topological polar surface area (TPSA) is 75.7 Å². The summed E-state index contributed by atoms with van der Waals surface area (Å²) in [5.74, 6) is -1.10. The lowest BCUT2D eigenvalue weighted by atomic mass is 9.87. The Hall–Kier alpha value is -2.91. The van der Waals surface area contributed by atoms with E-state index in [1.165, 1.54) is 18.2 Å². The first-order valence-corrected chi connectivity index (χ1v) is 17.1. The lowest BCUT2D eigenvalue weighted by Crippen LogP contribution is -2.57. The van der Waals surface area contributed by atoms with Crippen molar-refractivity contribution in [1.29, 1.82) is 0 Å². The number of benzene rings is 3. The molecule has 44 heavy (non-hydrogen) atoms. The Morgan fingerprint density at radius 2 is 1.75 bits per heavy atom. The van der Waals surface area contributed by atoms with Crippen LogP contribution in [0, 0.1) is 11.7 Å². The number of nitrogens with zero attached hydrogens (tertiary/aromatic N) is 1. The Bertz CT molecular complexity index is 1630. The van der Waals surface area contributed by atoms with E-state index in [9.17, 15) is 17.6 Å². The van der Waals surface area contributed by atoms with Crippen molar-refractivity contribution in [2.24, 2.45) is 5.92 Å². The maximum absolute atomic E-state index is 14.5. The summed E-state index contributed by atoms with van der Waals surface area (Å²) in [6.07, 6.45) is 3.93. The van der Waals surface area contributed by atoms with Crippen LogP contribution >= 0.6 is 23.2 Å². The van der Waals surface area contributed by atoms with E-state index in [1.807, 2.05) is 68.2 Å². The highest BCUT2D eigenvalue weighted by molar-refractivity contribution is 7.94. The number of carbonyl (C=O) groups excluding carboxylic acids is 1. The molecule has 1 N–H and O–H groups in total. The molecule has 3 aromatic carbocycles. The number of hydrogen-bond acceptors (Lipinski definition) is 4. The molecule has 1 aliphatic heterocycles. The van der Waals surface area contributed by atoms with Gasteiger partial charge < -0.3 is 9.64 Å². The Morgan fingerprint density at radius 3 is 2.36 bits per heavy atom. The summed E-state index contributed by atoms with van der Waals surface area (Å²) in [5, 5.41) is 1.09. The van der Waals surface area contributed by atoms with Crippen molar-refractivity contribution in [3.05, 3.63) is 112 Å². The summed E-state index contributed by atoms with van der Waals surface area (Å²) in [5.41, 5.74) is 1.52. The zero-order valence-corrected chi connectivity index (χ0v) is 27.2. The van der Waals surface area contributed by atoms with Crippen molar-refractivity contribution in [3.63, 3.8) is 0 Å². The van der Waals surface area contributed by atoms with Crippen LogP contribution in [0.15, 0.2) is 84.9 Å². The van der Waals surface area contributed by atoms with Crippen LogP contribution in [-0.2, 0) is 19.6 Å². The molecule has 6 nitrogen and oxygen atoms in total. The molecule has 0 radical (unpaired) electrons. The fourth-order valence-corrected chi connectivity index (χ4v) is 8.26. The van der Waals surface area contributed by atoms with Crippen molar-refractivity contribution >= 4 is 44.8 Å². The van der Waals surface area contributed by atoms with Gasteiger partial charge in [0.15, 0.2) is 0 Å². The second kappa shape index (κ2) is 13.2. The number of rotatable bonds is 11. The monoisotopic (exact) mass is 658 g/mol. The lowest BCUT2D eigenvalue weighted by Gasteiger charge is -2.49. The third-order valence-corrected chi connectivity index (χ3v) is 11.4. The van der Waals surface area contributed by atoms with Crippen molar-refractivity contribution < 1.29 is 22.3 Å². The van der Waals surface area contributed by atoms with Gasteiger partial charge in [-0.05, 0) is 80.1 Å². The van der Waals surface area contributed by atoms with Gasteiger partial charge in [0.05, 0.1) is 16.5 Å². The van der Waals surface area contributed by atoms with Crippen LogP contribution in [0.25, 0.3) is 0 Å². The van der Waals surface area contributed by atoms with E-state index in [4.69, 9.17) is 27.9 Å². The molecular weight excluding hydrogens is 622 g/mol. The molecule has 2 aliphatic rings. The van der Waals surface area contributed by atoms with Gasteiger partial charge in [-0.15, -0.1) is 0 Å². The Morgan fingerprint density at radius 1 is 1.05 bits per heavy atom. The Labute approximate surface area is 269 Å². The molecule has 1 saturated heterocycles. The molecule has 10 heteroatoms. The van der Waals surface area contributed by atoms with Crippen molar-refractivity contribution in [3.8, 4) is 0 Å². The minimum atomic E-state index is -3.99. The van der Waals surface area contributed by atoms with Crippen LogP contribution in [0.1, 0.15) is 69.7 Å². The molecule has 1 heterocycles. The minimum absolute atomic E-state index is 0.0884. The Balaban J connectivity index is 1.59. The molecule has 0 spiro atoms. The number of morpholine rings is 1. The van der Waals surface area contributed by atoms with E-state index < -0.39 is 44.9 Å². The molecule has 5 atom stereocenters. The fraction of sp³-hybridized carbons (Fsp3) is 0.382. The van der Waals surface area contributed by atoms with Crippen LogP contribution in [0.4, 0.5) is 10.1 Å². The lowest BCUT2D eigenvalue weighted by molar-refractivity contribution is -0.184. The number of allylic oxidation sites excluding steroid dienone is 1. The second-order valence-electron chi connectivity index (χ2n) is 11.7. The summed E-state index contributed by atoms with van der Waals surface area (Å²) in [7, 11) is -3.99. The summed E-state index contributed by atoms with van der Waals surface area (Å²) >= 11 is 12.7. The molecule has 2 fully saturated rings. The third-order valence-electron chi connectivity index (χ3n) is 8.71. The molecule has 3 aromatic rings. The van der Waals surface area contributed by atoms with Crippen LogP contribution in [0.5, 0.6) is 0 Å². The van der Waals surface area contributed by atoms with E-state index in [2.05, 4.69) is 4.72 Å². The maximum atomic E-state index is 14.5. The molecule has 5 rings (SSSR count). The van der Waals surface area contributed by atoms with Gasteiger partial charge in [-0.3, -0.25) is 9.52 Å². The van der Waals surface area contributed by atoms with Crippen molar-refractivity contribution in [1.82, 2.24) is 4.90 Å². The normalized spacial score (nSPS) is 23.0. The molecule has 0 unspecified atom stereocenters. The first-order valence-electron chi connectivity index (χ1n) is 14.9. The summed E-state index contributed by atoms with van der Waals surface area (Å²) in [6, 6.07) is 19.4. The highest BCUT2D eigenvalue weighted by atomic mass is 35.5. The average Bonchev–Trinajstić information content (AvgIpc) is 3.79. The summed E-state index contributed by atoms with van der Waals surface area (Å²) < 4.78 is 50.0. The minimum Gasteiger partial charge on any atom is -0.357 e. The number of para-hydroxylation sites is 1. The second-order valence-corrected chi connectivity index (χ2v) is 14.6. The summed E-state index contributed by atoms with van der Waals surface area (Å²) in [4.78, 5) is 16.4. The van der Waals surface area contributed by atoms with Gasteiger partial charge in [0.1, 0.15) is 18.0 Å². The summed E-state index contributed by atoms with van der Waals surface area (Å²) in [6.45, 7) is 5.79. The number of ether oxygens (including phenoxy) is 1. The number of nitrogens with one attached hydrogen (secondary N) is 1. The average molecular weight is 660 g/mol. The number of carbonyl (C=O) groups is 1. The fourth-order valence-electron chi connectivity index (χ4n) is 6.21. The molecular formula is C34H37Cl2FN2O4S. The van der Waals surface area contributed by atoms with Crippen LogP contribution < -0.4 is 4.72 Å². The van der Waals surface area contributed by atoms with Crippen LogP contribution in [0.2, 0.25) is 10.0 Å². The van der Waals surface area contributed by atoms with E-state index in [0.717, 1.165) is 11.1 Å². The van der Waals surface area contributed by atoms with E-state index >= 15 is 0 Å². The number of anilines is 1. The van der Waals surface area contributed by atoms with Gasteiger partial charge in [0.25, 0.3) is 5.91 Å². The van der Waals surface area contributed by atoms with E-state index in [-0.39, 0.29) is 23.9 Å². The van der Waals surface area contributed by atoms with Gasteiger partial charge in [0, 0.05) is 22.0 Å². The van der Waals surface area contributed by atoms with Crippen molar-refractivity contribution in [2.75, 3.05) is 4.72 Å². The largest absolute Gasteiger partial charge is 0.357 e. The standard InChI is InChI=1S/C34H37Cl2FN2O4S/c1-4-9-22(3)31-33(40)39(27(5-2)21-34(18-19-34)44(41,42)38-29-13-7-6-12-28(29)37)30(23-14-16-25(35)17-15-23)32(43-31)24-10-8-11-26(36)20-24/h4,6-17,20,22,27,30-32,38H,5,18-19,21H2,1-3H3/b9-4+/t22-,27-,30+,31-,32+/m0/s1. The van der Waals surface area contributed by atoms with Gasteiger partial charge in [-0.2, -0.15) is 0 Å². The molecule has 234 valence electrons. The SMILES string of the molecule is C/C=C/[C@H](C)[C@@H]1O[C@H](c2cccc(Cl)c2)[C@@H](c2ccc(Cl)cc2)N([C@@H](CC)CC2(S(=O)(=O)Nc3ccccc3F)CC2)C1=O. The predicted molar refractivity (Wildman–Crippen MR) is 174 cm³/mol. The zero-order valence-electron chi connectivity index (χ0n) is 24.9. The molecule has 1 saturated carbocycles. The number of halogens is 3. The predicted octanol–water partition coefficient (Wildman–Crippen LogP) is 8.50. The van der Waals surface area contributed by atoms with Crippen LogP contribution in [0.3, 0.4) is 0 Å². The first kappa shape index (κ1) is 32.5. The first-order chi connectivity index (χ1) is 21.0. The zero-order chi connectivity index (χ0) is 31.6. The highest BCUT2D eigenvalue weighted by Gasteiger charge is 2.58. The van der Waals surface area contributed by atoms with Crippen LogP contribution in [-0.4, -0.2) is 36.1 Å². The van der Waals surface area contributed by atoms with Gasteiger partial charge in [0.2, 0.25) is 10.0 Å². The van der Waals surface area contributed by atoms with E-state index in [0.29, 0.717) is 29.3 Å². The molecule has 0 aromatic heterocycles. The quantitative estimate of drug-likeness (QED) is 0.210. The third kappa shape index (κ3) is 6.54. The number of hydrogen-bond donors (Lipinski definition) is 1. The Kier molecular flexibility index (Phi) is 9.75. The molecule has 0 bridgehead atoms. The van der Waals surface area contributed by atoms with Gasteiger partial charge >= 0.3 is 0 Å². The number of sulfonamides is 1. The maximum Gasteiger partial charge on any atom is 0.253 e. The van der Waals surface area contributed by atoms with Gasteiger partial charge in [-0.1, -0.05) is 85.6 Å². The molecule has 1 amide bonds. The number of amides is 1.